The number of rotatable bonds is 3. The Balaban J connectivity index is 2.03. The average Bonchev–Trinajstić information content (AvgIpc) is 2.34. The Kier molecular flexibility index (Phi) is 3.69. The van der Waals surface area contributed by atoms with Gasteiger partial charge in [-0.1, -0.05) is 6.92 Å². The summed E-state index contributed by atoms with van der Waals surface area (Å²) in [6, 6.07) is 5.04. The largest absolute Gasteiger partial charge is 0.397 e. The molecule has 98 valence electrons. The van der Waals surface area contributed by atoms with Crippen LogP contribution in [0.25, 0.3) is 0 Å². The predicted octanol–water partition coefficient (Wildman–Crippen LogP) is 3.17. The van der Waals surface area contributed by atoms with E-state index in [2.05, 4.69) is 12.2 Å². The third kappa shape index (κ3) is 2.91. The summed E-state index contributed by atoms with van der Waals surface area (Å²) in [4.78, 5) is 10.2. The third-order valence-electron chi connectivity index (χ3n) is 3.62. The highest BCUT2D eigenvalue weighted by molar-refractivity contribution is 5.69. The smallest absolute Gasteiger partial charge is 0.271 e. The molecule has 5 heteroatoms. The molecule has 0 amide bonds. The number of benzene rings is 1. The first-order chi connectivity index (χ1) is 8.56. The van der Waals surface area contributed by atoms with Crippen molar-refractivity contribution in [3.8, 4) is 0 Å². The van der Waals surface area contributed by atoms with Gasteiger partial charge in [0.15, 0.2) is 0 Å². The molecule has 2 rings (SSSR count). The summed E-state index contributed by atoms with van der Waals surface area (Å²) in [5.41, 5.74) is 7.13. The number of nitrogen functional groups attached to an aromatic ring is 1. The summed E-state index contributed by atoms with van der Waals surface area (Å²) in [5.74, 6) is 0.803. The third-order valence-corrected chi connectivity index (χ3v) is 3.62. The monoisotopic (exact) mass is 249 g/mol. The van der Waals surface area contributed by atoms with Gasteiger partial charge in [-0.2, -0.15) is 0 Å². The number of nitrogens with two attached hydrogens (primary N) is 1. The molecule has 0 bridgehead atoms. The SMILES string of the molecule is CC1CCC(Nc2ccc([N+](=O)[O-])cc2N)CC1. The summed E-state index contributed by atoms with van der Waals surface area (Å²) in [6.45, 7) is 2.27. The molecule has 0 aromatic heterocycles. The van der Waals surface area contributed by atoms with Crippen molar-refractivity contribution in [2.24, 2.45) is 5.92 Å². The van der Waals surface area contributed by atoms with Crippen molar-refractivity contribution in [3.05, 3.63) is 28.3 Å². The summed E-state index contributed by atoms with van der Waals surface area (Å²) < 4.78 is 0. The maximum absolute atomic E-state index is 10.6. The lowest BCUT2D eigenvalue weighted by Gasteiger charge is -2.28. The number of nitrogens with zero attached hydrogens (tertiary/aromatic N) is 1. The molecule has 0 heterocycles. The fraction of sp³-hybridized carbons (Fsp3) is 0.538. The predicted molar refractivity (Wildman–Crippen MR) is 72.6 cm³/mol. The van der Waals surface area contributed by atoms with Crippen LogP contribution in [0.5, 0.6) is 0 Å². The Bertz CT molecular complexity index is 440. The number of hydrogen-bond acceptors (Lipinski definition) is 4. The molecule has 18 heavy (non-hydrogen) atoms. The van der Waals surface area contributed by atoms with Gasteiger partial charge in [0, 0.05) is 18.2 Å². The van der Waals surface area contributed by atoms with Crippen molar-refractivity contribution in [1.82, 2.24) is 0 Å². The van der Waals surface area contributed by atoms with Crippen LogP contribution in [0.2, 0.25) is 0 Å². The van der Waals surface area contributed by atoms with Gasteiger partial charge in [0.05, 0.1) is 16.3 Å². The minimum absolute atomic E-state index is 0.0373. The van der Waals surface area contributed by atoms with E-state index in [4.69, 9.17) is 5.73 Å². The molecule has 1 aromatic carbocycles. The summed E-state index contributed by atoms with van der Waals surface area (Å²) >= 11 is 0. The van der Waals surface area contributed by atoms with Gasteiger partial charge in [0.1, 0.15) is 0 Å². The number of anilines is 2. The minimum Gasteiger partial charge on any atom is -0.397 e. The number of nitrogens with one attached hydrogen (secondary N) is 1. The van der Waals surface area contributed by atoms with Gasteiger partial charge in [0.25, 0.3) is 5.69 Å². The molecule has 0 atom stereocenters. The number of hydrogen-bond donors (Lipinski definition) is 2. The zero-order chi connectivity index (χ0) is 13.1. The van der Waals surface area contributed by atoms with Gasteiger partial charge < -0.3 is 11.1 Å². The average molecular weight is 249 g/mol. The van der Waals surface area contributed by atoms with E-state index in [1.165, 1.54) is 25.0 Å². The second-order valence-corrected chi connectivity index (χ2v) is 5.13. The fourth-order valence-corrected chi connectivity index (χ4v) is 2.42. The van der Waals surface area contributed by atoms with Crippen LogP contribution >= 0.6 is 0 Å². The number of nitro groups is 1. The maximum atomic E-state index is 10.6. The molecule has 1 saturated carbocycles. The van der Waals surface area contributed by atoms with Crippen LogP contribution in [0.3, 0.4) is 0 Å². The zero-order valence-corrected chi connectivity index (χ0v) is 10.6. The Morgan fingerprint density at radius 1 is 1.33 bits per heavy atom. The van der Waals surface area contributed by atoms with Gasteiger partial charge in [-0.3, -0.25) is 10.1 Å². The first kappa shape index (κ1) is 12.7. The topological polar surface area (TPSA) is 81.2 Å². The van der Waals surface area contributed by atoms with Crippen LogP contribution in [-0.4, -0.2) is 11.0 Å². The first-order valence-electron chi connectivity index (χ1n) is 6.36. The lowest BCUT2D eigenvalue weighted by Crippen LogP contribution is -2.25. The van der Waals surface area contributed by atoms with E-state index in [0.717, 1.165) is 24.4 Å². The Labute approximate surface area is 107 Å². The first-order valence-corrected chi connectivity index (χ1v) is 6.36. The van der Waals surface area contributed by atoms with Crippen molar-refractivity contribution in [1.29, 1.82) is 0 Å². The van der Waals surface area contributed by atoms with E-state index in [1.807, 2.05) is 0 Å². The maximum Gasteiger partial charge on any atom is 0.271 e. The molecule has 0 spiro atoms. The van der Waals surface area contributed by atoms with Crippen molar-refractivity contribution in [2.45, 2.75) is 38.6 Å². The van der Waals surface area contributed by atoms with Crippen LogP contribution in [0.1, 0.15) is 32.6 Å². The van der Waals surface area contributed by atoms with Crippen molar-refractivity contribution in [3.63, 3.8) is 0 Å². The van der Waals surface area contributed by atoms with Crippen molar-refractivity contribution < 1.29 is 4.92 Å². The van der Waals surface area contributed by atoms with E-state index in [-0.39, 0.29) is 5.69 Å². The number of nitro benzene ring substituents is 1. The molecule has 1 aliphatic carbocycles. The van der Waals surface area contributed by atoms with Crippen LogP contribution in [0.15, 0.2) is 18.2 Å². The molecule has 0 saturated heterocycles. The fourth-order valence-electron chi connectivity index (χ4n) is 2.42. The van der Waals surface area contributed by atoms with E-state index < -0.39 is 4.92 Å². The molecule has 1 aromatic rings. The Morgan fingerprint density at radius 2 is 2.00 bits per heavy atom. The Morgan fingerprint density at radius 3 is 2.56 bits per heavy atom. The minimum atomic E-state index is -0.428. The molecule has 1 aliphatic rings. The molecular formula is C13H19N3O2. The second-order valence-electron chi connectivity index (χ2n) is 5.13. The van der Waals surface area contributed by atoms with Gasteiger partial charge >= 0.3 is 0 Å². The lowest BCUT2D eigenvalue weighted by atomic mass is 9.87. The number of non-ortho nitro benzene ring substituents is 1. The standard InChI is InChI=1S/C13H19N3O2/c1-9-2-4-10(5-3-9)15-13-7-6-11(16(17)18)8-12(13)14/h6-10,15H,2-5,14H2,1H3. The highest BCUT2D eigenvalue weighted by atomic mass is 16.6. The second kappa shape index (κ2) is 5.25. The molecule has 5 nitrogen and oxygen atoms in total. The van der Waals surface area contributed by atoms with Gasteiger partial charge in [-0.05, 0) is 37.7 Å². The molecule has 0 unspecified atom stereocenters. The van der Waals surface area contributed by atoms with E-state index in [0.29, 0.717) is 11.7 Å². The van der Waals surface area contributed by atoms with Crippen molar-refractivity contribution in [2.75, 3.05) is 11.1 Å². The summed E-state index contributed by atoms with van der Waals surface area (Å²) in [7, 11) is 0. The van der Waals surface area contributed by atoms with Gasteiger partial charge in [-0.15, -0.1) is 0 Å². The normalized spacial score (nSPS) is 23.6. The van der Waals surface area contributed by atoms with Gasteiger partial charge in [-0.25, -0.2) is 0 Å². The zero-order valence-electron chi connectivity index (χ0n) is 10.6. The van der Waals surface area contributed by atoms with Crippen LogP contribution < -0.4 is 11.1 Å². The summed E-state index contributed by atoms with van der Waals surface area (Å²) in [5, 5.41) is 14.0. The molecular weight excluding hydrogens is 230 g/mol. The van der Waals surface area contributed by atoms with Crippen molar-refractivity contribution >= 4 is 17.1 Å². The Hall–Kier alpha value is -1.78. The quantitative estimate of drug-likeness (QED) is 0.489. The molecule has 3 N–H and O–H groups in total. The van der Waals surface area contributed by atoms with Crippen LogP contribution in [0, 0.1) is 16.0 Å². The van der Waals surface area contributed by atoms with Crippen LogP contribution in [0.4, 0.5) is 17.1 Å². The van der Waals surface area contributed by atoms with E-state index >= 15 is 0 Å². The molecule has 0 aliphatic heterocycles. The summed E-state index contributed by atoms with van der Waals surface area (Å²) in [6.07, 6.45) is 4.73. The highest BCUT2D eigenvalue weighted by Gasteiger charge is 2.19. The van der Waals surface area contributed by atoms with Crippen LogP contribution in [-0.2, 0) is 0 Å². The van der Waals surface area contributed by atoms with E-state index in [1.54, 1.807) is 6.07 Å². The van der Waals surface area contributed by atoms with E-state index in [9.17, 15) is 10.1 Å². The molecule has 0 radical (unpaired) electrons. The van der Waals surface area contributed by atoms with Gasteiger partial charge in [0.2, 0.25) is 0 Å². The lowest BCUT2D eigenvalue weighted by molar-refractivity contribution is -0.384. The highest BCUT2D eigenvalue weighted by Crippen LogP contribution is 2.29. The molecule has 1 fully saturated rings.